The van der Waals surface area contributed by atoms with Crippen molar-refractivity contribution in [3.63, 3.8) is 0 Å². The fourth-order valence-corrected chi connectivity index (χ4v) is 3.10. The van der Waals surface area contributed by atoms with E-state index < -0.39 is 0 Å². The second-order valence-corrected chi connectivity index (χ2v) is 5.69. The number of aromatic nitrogens is 4. The van der Waals surface area contributed by atoms with Crippen LogP contribution >= 0.6 is 0 Å². The zero-order valence-corrected chi connectivity index (χ0v) is 13.1. The molecule has 8 heteroatoms. The molecule has 1 aliphatic rings. The van der Waals surface area contributed by atoms with Gasteiger partial charge in [-0.25, -0.2) is 9.78 Å². The van der Waals surface area contributed by atoms with Crippen molar-refractivity contribution in [2.45, 2.75) is 25.5 Å². The molecule has 2 aromatic heterocycles. The lowest BCUT2D eigenvalue weighted by molar-refractivity contribution is 0.175. The van der Waals surface area contributed by atoms with Crippen LogP contribution in [0.2, 0.25) is 0 Å². The molecule has 0 atom stereocenters. The third-order valence-corrected chi connectivity index (χ3v) is 4.35. The summed E-state index contributed by atoms with van der Waals surface area (Å²) < 4.78 is 9.67. The molecular weight excluding hydrogens is 286 g/mol. The van der Waals surface area contributed by atoms with Crippen molar-refractivity contribution in [1.82, 2.24) is 24.0 Å². The highest BCUT2D eigenvalue weighted by atomic mass is 16.5. The molecule has 0 radical (unpaired) electrons. The minimum atomic E-state index is -0.300. The van der Waals surface area contributed by atoms with Gasteiger partial charge in [-0.05, 0) is 25.9 Å². The number of nitrogens with zero attached hydrogens (tertiary/aromatic N) is 4. The second kappa shape index (κ2) is 5.69. The third-order valence-electron chi connectivity index (χ3n) is 4.35. The summed E-state index contributed by atoms with van der Waals surface area (Å²) in [6.07, 6.45) is 1.56. The number of hydrogen-bond acceptors (Lipinski definition) is 5. The van der Waals surface area contributed by atoms with Gasteiger partial charge in [-0.15, -0.1) is 0 Å². The van der Waals surface area contributed by atoms with Gasteiger partial charge in [0.05, 0.1) is 0 Å². The molecule has 0 aromatic carbocycles. The van der Waals surface area contributed by atoms with E-state index in [4.69, 9.17) is 4.74 Å². The molecule has 0 unspecified atom stereocenters. The van der Waals surface area contributed by atoms with Crippen LogP contribution in [0.15, 0.2) is 9.59 Å². The Bertz CT molecular complexity index is 810. The number of methoxy groups -OCH3 is 1. The van der Waals surface area contributed by atoms with Crippen LogP contribution in [0, 0.1) is 0 Å². The molecule has 0 amide bonds. The van der Waals surface area contributed by atoms with Crippen LogP contribution in [0.5, 0.6) is 0 Å². The lowest BCUT2D eigenvalue weighted by Gasteiger charge is -2.24. The van der Waals surface area contributed by atoms with E-state index >= 15 is 0 Å². The van der Waals surface area contributed by atoms with Gasteiger partial charge in [0, 0.05) is 27.2 Å². The van der Waals surface area contributed by atoms with Crippen LogP contribution in [-0.2, 0) is 25.4 Å². The molecule has 22 heavy (non-hydrogen) atoms. The van der Waals surface area contributed by atoms with Gasteiger partial charge in [-0.3, -0.25) is 13.9 Å². The first-order valence-corrected chi connectivity index (χ1v) is 7.42. The van der Waals surface area contributed by atoms with Crippen molar-refractivity contribution in [1.29, 1.82) is 0 Å². The van der Waals surface area contributed by atoms with Crippen LogP contribution in [0.1, 0.15) is 24.7 Å². The summed E-state index contributed by atoms with van der Waals surface area (Å²) in [6.45, 7) is 1.93. The van der Waals surface area contributed by atoms with Crippen LogP contribution < -0.4 is 16.6 Å². The first kappa shape index (κ1) is 15.0. The Hall–Kier alpha value is -1.93. The van der Waals surface area contributed by atoms with Gasteiger partial charge in [0.1, 0.15) is 12.4 Å². The maximum absolute atomic E-state index is 12.9. The molecule has 1 saturated heterocycles. The molecule has 120 valence electrons. The van der Waals surface area contributed by atoms with Gasteiger partial charge in [-0.2, -0.15) is 0 Å². The van der Waals surface area contributed by atoms with Gasteiger partial charge in [-0.1, -0.05) is 0 Å². The first-order valence-electron chi connectivity index (χ1n) is 7.42. The maximum Gasteiger partial charge on any atom is 0.332 e. The number of ether oxygens (including phenoxy) is 1. The van der Waals surface area contributed by atoms with E-state index in [1.54, 1.807) is 25.8 Å². The monoisotopic (exact) mass is 307 g/mol. The highest BCUT2D eigenvalue weighted by Gasteiger charge is 2.24. The molecule has 1 N–H and O–H groups in total. The van der Waals surface area contributed by atoms with Gasteiger partial charge in [0.25, 0.3) is 5.56 Å². The smallest absolute Gasteiger partial charge is 0.332 e. The summed E-state index contributed by atoms with van der Waals surface area (Å²) in [5.41, 5.74) is 0.302. The third kappa shape index (κ3) is 2.19. The number of imidazole rings is 1. The van der Waals surface area contributed by atoms with Crippen LogP contribution in [0.4, 0.5) is 0 Å². The van der Waals surface area contributed by atoms with E-state index in [9.17, 15) is 9.59 Å². The lowest BCUT2D eigenvalue weighted by Crippen LogP contribution is -2.44. The van der Waals surface area contributed by atoms with Crippen molar-refractivity contribution in [2.24, 2.45) is 14.1 Å². The Morgan fingerprint density at radius 1 is 1.23 bits per heavy atom. The Morgan fingerprint density at radius 3 is 2.55 bits per heavy atom. The topological polar surface area (TPSA) is 83.1 Å². The van der Waals surface area contributed by atoms with Gasteiger partial charge in [0.2, 0.25) is 0 Å². The van der Waals surface area contributed by atoms with E-state index in [1.807, 2.05) is 0 Å². The minimum absolute atomic E-state index is 0.0578. The van der Waals surface area contributed by atoms with Crippen molar-refractivity contribution < 1.29 is 4.74 Å². The molecule has 1 aliphatic heterocycles. The summed E-state index contributed by atoms with van der Waals surface area (Å²) in [5.74, 6) is 0.632. The Labute approximate surface area is 127 Å². The summed E-state index contributed by atoms with van der Waals surface area (Å²) >= 11 is 0. The molecule has 0 bridgehead atoms. The summed E-state index contributed by atoms with van der Waals surface area (Å²) in [6, 6.07) is -0.0578. The number of fused-ring (bicyclic) bond motifs is 1. The Kier molecular flexibility index (Phi) is 3.88. The Balaban J connectivity index is 2.28. The van der Waals surface area contributed by atoms with E-state index in [-0.39, 0.29) is 17.3 Å². The molecular formula is C14H21N5O3. The highest BCUT2D eigenvalue weighted by Crippen LogP contribution is 2.16. The van der Waals surface area contributed by atoms with E-state index in [0.717, 1.165) is 25.9 Å². The molecule has 1 fully saturated rings. The van der Waals surface area contributed by atoms with Crippen molar-refractivity contribution >= 4 is 11.2 Å². The number of piperidine rings is 1. The fraction of sp³-hybridized carbons (Fsp3) is 0.643. The fourth-order valence-electron chi connectivity index (χ4n) is 3.10. The van der Waals surface area contributed by atoms with Gasteiger partial charge in [0.15, 0.2) is 11.2 Å². The normalized spacial score (nSPS) is 16.5. The Morgan fingerprint density at radius 2 is 1.91 bits per heavy atom. The number of nitrogens with one attached hydrogen (secondary N) is 1. The summed E-state index contributed by atoms with van der Waals surface area (Å²) in [7, 11) is 5.01. The standard InChI is InChI=1S/C14H21N5O3/c1-17-10(8-22-3)16-12-11(17)13(20)19(14(21)18(12)2)9-4-6-15-7-5-9/h9,15H,4-8H2,1-3H3. The van der Waals surface area contributed by atoms with Crippen LogP contribution in [-0.4, -0.2) is 38.9 Å². The molecule has 3 heterocycles. The van der Waals surface area contributed by atoms with Gasteiger partial charge >= 0.3 is 5.69 Å². The second-order valence-electron chi connectivity index (χ2n) is 5.69. The number of aryl methyl sites for hydroxylation is 2. The van der Waals surface area contributed by atoms with Gasteiger partial charge < -0.3 is 14.6 Å². The zero-order chi connectivity index (χ0) is 15.9. The summed E-state index contributed by atoms with van der Waals surface area (Å²) in [5, 5.41) is 3.25. The minimum Gasteiger partial charge on any atom is -0.377 e. The largest absolute Gasteiger partial charge is 0.377 e. The quantitative estimate of drug-likeness (QED) is 0.827. The van der Waals surface area contributed by atoms with E-state index in [0.29, 0.717) is 23.6 Å². The zero-order valence-electron chi connectivity index (χ0n) is 13.1. The molecule has 0 aliphatic carbocycles. The number of rotatable bonds is 3. The molecule has 8 nitrogen and oxygen atoms in total. The average molecular weight is 307 g/mol. The predicted octanol–water partition coefficient (Wildman–Crippen LogP) is -0.495. The van der Waals surface area contributed by atoms with Crippen molar-refractivity contribution in [3.05, 3.63) is 26.7 Å². The van der Waals surface area contributed by atoms with E-state index in [2.05, 4.69) is 10.3 Å². The SMILES string of the molecule is COCc1nc2c(c(=O)n(C3CCNCC3)c(=O)n2C)n1C. The first-order chi connectivity index (χ1) is 10.6. The number of hydrogen-bond donors (Lipinski definition) is 1. The summed E-state index contributed by atoms with van der Waals surface area (Å²) in [4.78, 5) is 29.9. The lowest BCUT2D eigenvalue weighted by atomic mass is 10.1. The van der Waals surface area contributed by atoms with Crippen molar-refractivity contribution in [3.8, 4) is 0 Å². The molecule has 0 saturated carbocycles. The highest BCUT2D eigenvalue weighted by molar-refractivity contribution is 5.70. The maximum atomic E-state index is 12.9. The molecule has 2 aromatic rings. The molecule has 0 spiro atoms. The van der Waals surface area contributed by atoms with E-state index in [1.165, 1.54) is 9.13 Å². The predicted molar refractivity (Wildman–Crippen MR) is 82.1 cm³/mol. The average Bonchev–Trinajstić information content (AvgIpc) is 2.84. The van der Waals surface area contributed by atoms with Crippen LogP contribution in [0.3, 0.4) is 0 Å². The van der Waals surface area contributed by atoms with Crippen molar-refractivity contribution in [2.75, 3.05) is 20.2 Å². The van der Waals surface area contributed by atoms with Crippen LogP contribution in [0.25, 0.3) is 11.2 Å². The molecule has 3 rings (SSSR count).